The molecule has 1 saturated heterocycles. The van der Waals surface area contributed by atoms with Gasteiger partial charge in [0.2, 0.25) is 5.91 Å². The molecular formula is C25H28N8O2. The van der Waals surface area contributed by atoms with E-state index in [2.05, 4.69) is 35.6 Å². The predicted octanol–water partition coefficient (Wildman–Crippen LogP) is 3.34. The summed E-state index contributed by atoms with van der Waals surface area (Å²) in [6.07, 6.45) is 10.3. The Morgan fingerprint density at radius 3 is 2.63 bits per heavy atom. The van der Waals surface area contributed by atoms with Crippen molar-refractivity contribution in [2.45, 2.75) is 26.2 Å². The van der Waals surface area contributed by atoms with Crippen LogP contribution < -0.4 is 10.6 Å². The molecule has 0 aliphatic carbocycles. The molecule has 5 heterocycles. The van der Waals surface area contributed by atoms with Crippen LogP contribution in [-0.2, 0) is 11.8 Å². The molecule has 10 heteroatoms. The van der Waals surface area contributed by atoms with Crippen LogP contribution in [0.3, 0.4) is 0 Å². The standard InChI is InChI=1S/C25H28N8O2/c1-16-21(30-23(34)15-33-6-4-3-5-7-33)10-20(13-26-16)29-25(35)18-8-17-9-22(31-24(17)27-11-18)19-12-28-32(2)14-19/h8-14H,3-7,15H2,1-2H3,(H,27,31)(H,29,35)(H,30,34). The Kier molecular flexibility index (Phi) is 6.28. The summed E-state index contributed by atoms with van der Waals surface area (Å²) in [6, 6.07) is 5.47. The number of pyridine rings is 2. The van der Waals surface area contributed by atoms with E-state index in [4.69, 9.17) is 0 Å². The number of aromatic amines is 1. The molecule has 4 aromatic rings. The van der Waals surface area contributed by atoms with E-state index in [0.29, 0.717) is 34.8 Å². The highest BCUT2D eigenvalue weighted by Gasteiger charge is 2.16. The fourth-order valence-electron chi connectivity index (χ4n) is 4.30. The van der Waals surface area contributed by atoms with Gasteiger partial charge in [0, 0.05) is 30.4 Å². The maximum atomic E-state index is 12.9. The van der Waals surface area contributed by atoms with Crippen LogP contribution in [0.4, 0.5) is 11.4 Å². The summed E-state index contributed by atoms with van der Waals surface area (Å²) < 4.78 is 1.73. The normalized spacial score (nSPS) is 14.2. The van der Waals surface area contributed by atoms with Crippen molar-refractivity contribution in [1.82, 2.24) is 29.6 Å². The van der Waals surface area contributed by atoms with Crippen molar-refractivity contribution in [3.63, 3.8) is 0 Å². The number of aromatic nitrogens is 5. The van der Waals surface area contributed by atoms with E-state index in [1.54, 1.807) is 29.2 Å². The number of rotatable bonds is 6. The molecule has 35 heavy (non-hydrogen) atoms. The van der Waals surface area contributed by atoms with Crippen molar-refractivity contribution in [2.75, 3.05) is 30.3 Å². The summed E-state index contributed by atoms with van der Waals surface area (Å²) in [5.41, 5.74) is 4.71. The molecule has 0 bridgehead atoms. The van der Waals surface area contributed by atoms with Gasteiger partial charge in [0.15, 0.2) is 0 Å². The third kappa shape index (κ3) is 5.22. The second-order valence-electron chi connectivity index (χ2n) is 8.94. The van der Waals surface area contributed by atoms with Gasteiger partial charge in [-0.15, -0.1) is 0 Å². The minimum atomic E-state index is -0.306. The molecule has 0 spiro atoms. The third-order valence-electron chi connectivity index (χ3n) is 6.18. The van der Waals surface area contributed by atoms with E-state index in [0.717, 1.165) is 42.6 Å². The first kappa shape index (κ1) is 22.7. The molecule has 1 fully saturated rings. The van der Waals surface area contributed by atoms with Crippen molar-refractivity contribution in [1.29, 1.82) is 0 Å². The molecule has 0 aromatic carbocycles. The number of H-pyrrole nitrogens is 1. The van der Waals surface area contributed by atoms with Crippen LogP contribution in [-0.4, -0.2) is 61.1 Å². The number of hydrogen-bond acceptors (Lipinski definition) is 6. The van der Waals surface area contributed by atoms with Crippen LogP contribution in [0.15, 0.2) is 43.0 Å². The summed E-state index contributed by atoms with van der Waals surface area (Å²) in [5, 5.41) is 10.8. The Morgan fingerprint density at radius 1 is 1.03 bits per heavy atom. The van der Waals surface area contributed by atoms with Crippen LogP contribution in [0, 0.1) is 6.92 Å². The zero-order valence-corrected chi connectivity index (χ0v) is 19.8. The Balaban J connectivity index is 1.28. The summed E-state index contributed by atoms with van der Waals surface area (Å²) in [6.45, 7) is 4.08. The predicted molar refractivity (Wildman–Crippen MR) is 134 cm³/mol. The number of nitrogens with one attached hydrogen (secondary N) is 3. The van der Waals surface area contributed by atoms with E-state index >= 15 is 0 Å². The number of amides is 2. The first-order valence-electron chi connectivity index (χ1n) is 11.7. The van der Waals surface area contributed by atoms with Gasteiger partial charge in [-0.3, -0.25) is 24.2 Å². The van der Waals surface area contributed by atoms with Gasteiger partial charge < -0.3 is 15.6 Å². The highest BCUT2D eigenvalue weighted by atomic mass is 16.2. The van der Waals surface area contributed by atoms with E-state index < -0.39 is 0 Å². The molecule has 0 radical (unpaired) electrons. The number of carbonyl (C=O) groups is 2. The molecule has 2 amide bonds. The van der Waals surface area contributed by atoms with Crippen molar-refractivity contribution < 1.29 is 9.59 Å². The summed E-state index contributed by atoms with van der Waals surface area (Å²) in [7, 11) is 1.86. The highest BCUT2D eigenvalue weighted by Crippen LogP contribution is 2.24. The zero-order chi connectivity index (χ0) is 24.4. The monoisotopic (exact) mass is 472 g/mol. The smallest absolute Gasteiger partial charge is 0.257 e. The minimum absolute atomic E-state index is 0.0770. The number of fused-ring (bicyclic) bond motifs is 1. The van der Waals surface area contributed by atoms with Crippen molar-refractivity contribution in [3.05, 3.63) is 54.2 Å². The number of likely N-dealkylation sites (tertiary alicyclic amines) is 1. The average molecular weight is 473 g/mol. The van der Waals surface area contributed by atoms with Crippen molar-refractivity contribution in [2.24, 2.45) is 7.05 Å². The molecular weight excluding hydrogens is 444 g/mol. The lowest BCUT2D eigenvalue weighted by molar-refractivity contribution is -0.117. The average Bonchev–Trinajstić information content (AvgIpc) is 3.47. The van der Waals surface area contributed by atoms with Gasteiger partial charge >= 0.3 is 0 Å². The lowest BCUT2D eigenvalue weighted by atomic mass is 10.1. The first-order chi connectivity index (χ1) is 16.9. The molecule has 10 nitrogen and oxygen atoms in total. The van der Waals surface area contributed by atoms with Crippen LogP contribution in [0.5, 0.6) is 0 Å². The lowest BCUT2D eigenvalue weighted by Crippen LogP contribution is -2.37. The minimum Gasteiger partial charge on any atom is -0.339 e. The van der Waals surface area contributed by atoms with E-state index in [9.17, 15) is 9.59 Å². The van der Waals surface area contributed by atoms with Crippen LogP contribution >= 0.6 is 0 Å². The second kappa shape index (κ2) is 9.67. The second-order valence-corrected chi connectivity index (χ2v) is 8.94. The molecule has 1 aliphatic heterocycles. The SMILES string of the molecule is Cc1ncc(NC(=O)c2cnc3[nH]c(-c4cnn(C)c4)cc3c2)cc1NC(=O)CN1CCCCC1. The van der Waals surface area contributed by atoms with Gasteiger partial charge in [0.05, 0.1) is 47.3 Å². The molecule has 0 unspecified atom stereocenters. The number of anilines is 2. The molecule has 5 rings (SSSR count). The van der Waals surface area contributed by atoms with Gasteiger partial charge in [-0.2, -0.15) is 5.10 Å². The van der Waals surface area contributed by atoms with Gasteiger partial charge in [0.25, 0.3) is 5.91 Å². The molecule has 1 aliphatic rings. The lowest BCUT2D eigenvalue weighted by Gasteiger charge is -2.25. The number of hydrogen-bond donors (Lipinski definition) is 3. The highest BCUT2D eigenvalue weighted by molar-refractivity contribution is 6.06. The van der Waals surface area contributed by atoms with Gasteiger partial charge in [0.1, 0.15) is 5.65 Å². The summed E-state index contributed by atoms with van der Waals surface area (Å²) in [4.78, 5) is 39.6. The zero-order valence-electron chi connectivity index (χ0n) is 19.8. The van der Waals surface area contributed by atoms with Crippen LogP contribution in [0.1, 0.15) is 35.3 Å². The molecule has 180 valence electrons. The Hall–Kier alpha value is -4.05. The van der Waals surface area contributed by atoms with Gasteiger partial charge in [-0.25, -0.2) is 4.98 Å². The van der Waals surface area contributed by atoms with Gasteiger partial charge in [-0.1, -0.05) is 6.42 Å². The van der Waals surface area contributed by atoms with E-state index in [1.807, 2.05) is 26.2 Å². The van der Waals surface area contributed by atoms with E-state index in [1.165, 1.54) is 12.6 Å². The number of aryl methyl sites for hydroxylation is 2. The van der Waals surface area contributed by atoms with Crippen molar-refractivity contribution in [3.8, 4) is 11.3 Å². The van der Waals surface area contributed by atoms with Gasteiger partial charge in [-0.05, 0) is 51.1 Å². The number of piperidine rings is 1. The fraction of sp³-hybridized carbons (Fsp3) is 0.320. The molecule has 0 saturated carbocycles. The van der Waals surface area contributed by atoms with Crippen molar-refractivity contribution >= 4 is 34.2 Å². The van der Waals surface area contributed by atoms with E-state index in [-0.39, 0.29) is 11.8 Å². The largest absolute Gasteiger partial charge is 0.339 e. The maximum absolute atomic E-state index is 12.9. The molecule has 4 aromatic heterocycles. The Morgan fingerprint density at radius 2 is 1.86 bits per heavy atom. The molecule has 3 N–H and O–H groups in total. The quantitative estimate of drug-likeness (QED) is 0.396. The maximum Gasteiger partial charge on any atom is 0.257 e. The third-order valence-corrected chi connectivity index (χ3v) is 6.18. The Bertz CT molecular complexity index is 1380. The Labute approximate surface area is 202 Å². The topological polar surface area (TPSA) is 121 Å². The van der Waals surface area contributed by atoms with Crippen LogP contribution in [0.25, 0.3) is 22.3 Å². The van der Waals surface area contributed by atoms with Crippen LogP contribution in [0.2, 0.25) is 0 Å². The number of carbonyl (C=O) groups excluding carboxylic acids is 2. The molecule has 0 atom stereocenters. The first-order valence-corrected chi connectivity index (χ1v) is 11.7. The fourth-order valence-corrected chi connectivity index (χ4v) is 4.30. The summed E-state index contributed by atoms with van der Waals surface area (Å²) >= 11 is 0. The summed E-state index contributed by atoms with van der Waals surface area (Å²) in [5.74, 6) is -0.383. The number of nitrogens with zero attached hydrogens (tertiary/aromatic N) is 5.